The summed E-state index contributed by atoms with van der Waals surface area (Å²) in [5, 5.41) is 3.93. The van der Waals surface area contributed by atoms with Gasteiger partial charge in [0.1, 0.15) is 10.6 Å². The van der Waals surface area contributed by atoms with Gasteiger partial charge in [0.25, 0.3) is 5.56 Å². The van der Waals surface area contributed by atoms with Crippen LogP contribution >= 0.6 is 23.1 Å². The number of nitrogens with zero attached hydrogens (tertiary/aromatic N) is 2. The maximum absolute atomic E-state index is 13.2. The van der Waals surface area contributed by atoms with Gasteiger partial charge >= 0.3 is 0 Å². The van der Waals surface area contributed by atoms with Crippen molar-refractivity contribution in [1.82, 2.24) is 9.55 Å². The van der Waals surface area contributed by atoms with Gasteiger partial charge < -0.3 is 10.1 Å². The molecule has 0 aliphatic rings. The Labute approximate surface area is 199 Å². The fourth-order valence-corrected chi connectivity index (χ4v) is 5.20. The number of ether oxygens (including phenoxy) is 1. The average Bonchev–Trinajstić information content (AvgIpc) is 3.26. The third-order valence-corrected chi connectivity index (χ3v) is 6.83. The molecule has 2 heterocycles. The molecule has 0 unspecified atom stereocenters. The van der Waals surface area contributed by atoms with E-state index in [4.69, 9.17) is 9.72 Å². The molecule has 0 aliphatic carbocycles. The van der Waals surface area contributed by atoms with Crippen LogP contribution in [0.4, 0.5) is 5.69 Å². The topological polar surface area (TPSA) is 73.2 Å². The molecule has 1 N–H and O–H groups in total. The number of benzene rings is 2. The van der Waals surface area contributed by atoms with E-state index in [-0.39, 0.29) is 17.2 Å². The lowest BCUT2D eigenvalue weighted by Gasteiger charge is -2.12. The SMILES string of the molecule is C=CCn1c(SCC(=O)Nc2ccccc2OCC)nc2sc(-c3ccccc3)cc2c1=O. The number of carbonyl (C=O) groups excluding carboxylic acids is 1. The summed E-state index contributed by atoms with van der Waals surface area (Å²) in [5.41, 5.74) is 1.52. The Kier molecular flexibility index (Phi) is 7.26. The number of anilines is 1. The Morgan fingerprint density at radius 3 is 2.73 bits per heavy atom. The molecule has 0 saturated heterocycles. The second-order valence-electron chi connectivity index (χ2n) is 7.06. The Hall–Kier alpha value is -3.36. The van der Waals surface area contributed by atoms with Gasteiger partial charge in [-0.2, -0.15) is 0 Å². The first-order chi connectivity index (χ1) is 16.1. The van der Waals surface area contributed by atoms with Crippen LogP contribution in [0.3, 0.4) is 0 Å². The van der Waals surface area contributed by atoms with Crippen molar-refractivity contribution in [3.63, 3.8) is 0 Å². The highest BCUT2D eigenvalue weighted by atomic mass is 32.2. The standard InChI is InChI=1S/C25H23N3O3S2/c1-3-14-28-24(30)18-15-21(17-10-6-5-7-11-17)33-23(18)27-25(28)32-16-22(29)26-19-12-8-9-13-20(19)31-4-2/h3,5-13,15H,1,4,14,16H2,2H3,(H,26,29). The molecule has 0 fully saturated rings. The van der Waals surface area contributed by atoms with Gasteiger partial charge in [0.05, 0.1) is 23.4 Å². The van der Waals surface area contributed by atoms with Crippen LogP contribution in [0.1, 0.15) is 6.92 Å². The van der Waals surface area contributed by atoms with Crippen molar-refractivity contribution in [3.8, 4) is 16.2 Å². The van der Waals surface area contributed by atoms with Crippen LogP contribution in [0.2, 0.25) is 0 Å². The van der Waals surface area contributed by atoms with Gasteiger partial charge in [-0.05, 0) is 30.7 Å². The number of fused-ring (bicyclic) bond motifs is 1. The summed E-state index contributed by atoms with van der Waals surface area (Å²) in [4.78, 5) is 32.2. The highest BCUT2D eigenvalue weighted by molar-refractivity contribution is 7.99. The zero-order chi connectivity index (χ0) is 23.2. The molecule has 1 amide bonds. The lowest BCUT2D eigenvalue weighted by Crippen LogP contribution is -2.23. The number of aromatic nitrogens is 2. The van der Waals surface area contributed by atoms with Crippen LogP contribution in [0.25, 0.3) is 20.7 Å². The van der Waals surface area contributed by atoms with Crippen LogP contribution in [0.15, 0.2) is 83.3 Å². The van der Waals surface area contributed by atoms with Crippen molar-refractivity contribution in [2.75, 3.05) is 17.7 Å². The van der Waals surface area contributed by atoms with E-state index < -0.39 is 0 Å². The Morgan fingerprint density at radius 2 is 1.97 bits per heavy atom. The molecule has 4 aromatic rings. The number of hydrogen-bond acceptors (Lipinski definition) is 6. The van der Waals surface area contributed by atoms with Gasteiger partial charge in [-0.1, -0.05) is 60.3 Å². The van der Waals surface area contributed by atoms with E-state index in [1.54, 1.807) is 16.7 Å². The summed E-state index contributed by atoms with van der Waals surface area (Å²) < 4.78 is 7.12. The number of thioether (sulfide) groups is 1. The summed E-state index contributed by atoms with van der Waals surface area (Å²) >= 11 is 2.69. The minimum Gasteiger partial charge on any atom is -0.492 e. The summed E-state index contributed by atoms with van der Waals surface area (Å²) in [6.07, 6.45) is 1.65. The van der Waals surface area contributed by atoms with Gasteiger partial charge in [-0.15, -0.1) is 17.9 Å². The van der Waals surface area contributed by atoms with Gasteiger partial charge in [0.2, 0.25) is 5.91 Å². The van der Waals surface area contributed by atoms with E-state index >= 15 is 0 Å². The minimum atomic E-state index is -0.206. The molecule has 6 nitrogen and oxygen atoms in total. The summed E-state index contributed by atoms with van der Waals surface area (Å²) in [6, 6.07) is 19.1. The first kappa shape index (κ1) is 22.8. The van der Waals surface area contributed by atoms with E-state index in [1.807, 2.05) is 61.5 Å². The predicted octanol–water partition coefficient (Wildman–Crippen LogP) is 5.44. The number of rotatable bonds is 9. The van der Waals surface area contributed by atoms with Crippen LogP contribution in [-0.2, 0) is 11.3 Å². The molecule has 168 valence electrons. The third-order valence-electron chi connectivity index (χ3n) is 4.78. The fraction of sp³-hybridized carbons (Fsp3) is 0.160. The molecule has 0 aliphatic heterocycles. The zero-order valence-corrected chi connectivity index (χ0v) is 19.7. The van der Waals surface area contributed by atoms with Crippen molar-refractivity contribution in [2.45, 2.75) is 18.6 Å². The molecule has 2 aromatic carbocycles. The third kappa shape index (κ3) is 5.18. The van der Waals surface area contributed by atoms with E-state index in [1.165, 1.54) is 23.1 Å². The molecule has 0 bridgehead atoms. The Bertz CT molecular complexity index is 1350. The molecule has 4 rings (SSSR count). The predicted molar refractivity (Wildman–Crippen MR) is 136 cm³/mol. The first-order valence-electron chi connectivity index (χ1n) is 10.5. The molecule has 0 radical (unpaired) electrons. The first-order valence-corrected chi connectivity index (χ1v) is 12.3. The molecule has 0 atom stereocenters. The van der Waals surface area contributed by atoms with E-state index in [0.717, 1.165) is 10.4 Å². The maximum atomic E-state index is 13.2. The van der Waals surface area contributed by atoms with Crippen LogP contribution in [-0.4, -0.2) is 27.8 Å². The molecule has 33 heavy (non-hydrogen) atoms. The average molecular weight is 478 g/mol. The number of amides is 1. The largest absolute Gasteiger partial charge is 0.492 e. The highest BCUT2D eigenvalue weighted by Crippen LogP contribution is 2.32. The number of allylic oxidation sites excluding steroid dienone is 1. The zero-order valence-electron chi connectivity index (χ0n) is 18.1. The van der Waals surface area contributed by atoms with Gasteiger partial charge in [-0.25, -0.2) is 4.98 Å². The van der Waals surface area contributed by atoms with Crippen molar-refractivity contribution < 1.29 is 9.53 Å². The monoisotopic (exact) mass is 477 g/mol. The molecular formula is C25H23N3O3S2. The summed E-state index contributed by atoms with van der Waals surface area (Å²) in [7, 11) is 0. The number of hydrogen-bond donors (Lipinski definition) is 1. The van der Waals surface area contributed by atoms with Crippen LogP contribution in [0.5, 0.6) is 5.75 Å². The highest BCUT2D eigenvalue weighted by Gasteiger charge is 2.16. The van der Waals surface area contributed by atoms with Crippen molar-refractivity contribution in [3.05, 3.63) is 83.7 Å². The van der Waals surface area contributed by atoms with Gasteiger partial charge in [0, 0.05) is 11.4 Å². The van der Waals surface area contributed by atoms with Crippen LogP contribution < -0.4 is 15.6 Å². The van der Waals surface area contributed by atoms with Crippen molar-refractivity contribution in [1.29, 1.82) is 0 Å². The lowest BCUT2D eigenvalue weighted by atomic mass is 10.2. The number of thiophene rings is 1. The molecule has 2 aromatic heterocycles. The summed E-state index contributed by atoms with van der Waals surface area (Å²) in [5.74, 6) is 0.517. The normalized spacial score (nSPS) is 10.8. The van der Waals surface area contributed by atoms with Gasteiger partial charge in [-0.3, -0.25) is 14.2 Å². The van der Waals surface area contributed by atoms with E-state index in [9.17, 15) is 9.59 Å². The van der Waals surface area contributed by atoms with Crippen LogP contribution in [0, 0.1) is 0 Å². The lowest BCUT2D eigenvalue weighted by molar-refractivity contribution is -0.113. The van der Waals surface area contributed by atoms with E-state index in [0.29, 0.717) is 40.0 Å². The Morgan fingerprint density at radius 1 is 1.21 bits per heavy atom. The smallest absolute Gasteiger partial charge is 0.263 e. The number of para-hydroxylation sites is 2. The van der Waals surface area contributed by atoms with E-state index in [2.05, 4.69) is 11.9 Å². The second-order valence-corrected chi connectivity index (χ2v) is 9.03. The molecular weight excluding hydrogens is 454 g/mol. The second kappa shape index (κ2) is 10.5. The minimum absolute atomic E-state index is 0.104. The quantitative estimate of drug-likeness (QED) is 0.197. The molecule has 0 spiro atoms. The van der Waals surface area contributed by atoms with Crippen molar-refractivity contribution >= 4 is 44.9 Å². The number of nitrogens with one attached hydrogen (secondary N) is 1. The Balaban J connectivity index is 1.59. The van der Waals surface area contributed by atoms with Gasteiger partial charge in [0.15, 0.2) is 5.16 Å². The molecule has 8 heteroatoms. The summed E-state index contributed by atoms with van der Waals surface area (Å²) in [6.45, 7) is 6.47. The van der Waals surface area contributed by atoms with Crippen molar-refractivity contribution in [2.24, 2.45) is 0 Å². The molecule has 0 saturated carbocycles. The fourth-order valence-electron chi connectivity index (χ4n) is 3.31. The number of carbonyl (C=O) groups is 1. The maximum Gasteiger partial charge on any atom is 0.263 e.